The van der Waals surface area contributed by atoms with Crippen molar-refractivity contribution in [3.8, 4) is 5.75 Å². The molecule has 0 unspecified atom stereocenters. The minimum Gasteiger partial charge on any atom is -0.487 e. The van der Waals surface area contributed by atoms with Gasteiger partial charge in [-0.25, -0.2) is 8.42 Å². The first-order valence-electron chi connectivity index (χ1n) is 12.5. The third-order valence-corrected chi connectivity index (χ3v) is 9.04. The van der Waals surface area contributed by atoms with E-state index in [2.05, 4.69) is 16.0 Å². The Balaban J connectivity index is 1.69. The molecule has 0 fully saturated rings. The Morgan fingerprint density at radius 2 is 2.00 bits per heavy atom. The van der Waals surface area contributed by atoms with Crippen molar-refractivity contribution in [2.45, 2.75) is 63.1 Å². The second kappa shape index (κ2) is 11.2. The van der Waals surface area contributed by atoms with Gasteiger partial charge < -0.3 is 9.84 Å². The summed E-state index contributed by atoms with van der Waals surface area (Å²) in [5.41, 5.74) is 3.44. The third-order valence-electron chi connectivity index (χ3n) is 7.02. The molecule has 1 aromatic carbocycles. The number of hydrogen-bond donors (Lipinski definition) is 1. The molecule has 2 aliphatic rings. The number of likely N-dealkylation sites (N-methyl/N-ethyl adjacent to an activating group) is 1. The number of allylic oxidation sites excluding steroid dienone is 2. The Hall–Kier alpha value is -2.26. The van der Waals surface area contributed by atoms with Crippen LogP contribution < -0.4 is 4.74 Å². The van der Waals surface area contributed by atoms with Crippen molar-refractivity contribution in [1.82, 2.24) is 14.2 Å². The first kappa shape index (κ1) is 25.8. The smallest absolute Gasteiger partial charge is 0.247 e. The summed E-state index contributed by atoms with van der Waals surface area (Å²) in [5, 5.41) is 9.85. The Kier molecular flexibility index (Phi) is 8.27. The van der Waals surface area contributed by atoms with Crippen LogP contribution in [-0.2, 0) is 16.6 Å². The van der Waals surface area contributed by atoms with Gasteiger partial charge in [0, 0.05) is 44.0 Å². The number of ether oxygens (including phenoxy) is 1. The highest BCUT2D eigenvalue weighted by Gasteiger charge is 2.38. The molecular weight excluding hydrogens is 462 g/mol. The van der Waals surface area contributed by atoms with Crippen molar-refractivity contribution >= 4 is 15.6 Å². The van der Waals surface area contributed by atoms with E-state index in [1.54, 1.807) is 25.4 Å². The van der Waals surface area contributed by atoms with Crippen LogP contribution in [0, 0.1) is 5.92 Å². The molecule has 0 radical (unpaired) electrons. The average molecular weight is 500 g/mol. The molecule has 0 saturated heterocycles. The molecule has 0 amide bonds. The maximum Gasteiger partial charge on any atom is 0.247 e. The van der Waals surface area contributed by atoms with Crippen LogP contribution in [0.3, 0.4) is 0 Å². The van der Waals surface area contributed by atoms with E-state index in [1.807, 2.05) is 38.2 Å². The quantitative estimate of drug-likeness (QED) is 0.621. The lowest BCUT2D eigenvalue weighted by molar-refractivity contribution is 0.0733. The number of aliphatic hydroxyl groups excluding tert-OH is 1. The normalized spacial score (nSPS) is 23.5. The Morgan fingerprint density at radius 3 is 2.69 bits per heavy atom. The van der Waals surface area contributed by atoms with E-state index in [1.165, 1.54) is 16.3 Å². The standard InChI is InChI=1S/C27H37N3O4S/c1-20-16-30(21(2)19-31)35(32,33)27-10-9-24(23-7-5-4-6-8-23)15-25(27)34-26(20)18-29(3)17-22-11-13-28-14-12-22/h7,9-15,20-21,26,31H,4-6,8,16-19H2,1-3H3/t20-,21+,26+/m1/s1. The van der Waals surface area contributed by atoms with Crippen LogP contribution in [0.2, 0.25) is 0 Å². The molecule has 1 aromatic heterocycles. The summed E-state index contributed by atoms with van der Waals surface area (Å²) in [4.78, 5) is 6.46. The fraction of sp³-hybridized carbons (Fsp3) is 0.519. The third kappa shape index (κ3) is 5.94. The summed E-state index contributed by atoms with van der Waals surface area (Å²) in [5.74, 6) is 0.322. The van der Waals surface area contributed by atoms with Crippen molar-refractivity contribution in [2.75, 3.05) is 26.7 Å². The van der Waals surface area contributed by atoms with Crippen molar-refractivity contribution in [1.29, 1.82) is 0 Å². The molecule has 0 bridgehead atoms. The van der Waals surface area contributed by atoms with Gasteiger partial charge in [0.2, 0.25) is 10.0 Å². The molecule has 8 heteroatoms. The number of fused-ring (bicyclic) bond motifs is 1. The fourth-order valence-corrected chi connectivity index (χ4v) is 6.74. The summed E-state index contributed by atoms with van der Waals surface area (Å²) in [6.45, 7) is 5.19. The van der Waals surface area contributed by atoms with Gasteiger partial charge >= 0.3 is 0 Å². The van der Waals surface area contributed by atoms with E-state index < -0.39 is 16.1 Å². The lowest BCUT2D eigenvalue weighted by Crippen LogP contribution is -2.49. The number of hydrogen-bond acceptors (Lipinski definition) is 6. The second-order valence-electron chi connectivity index (χ2n) is 9.93. The molecule has 0 spiro atoms. The van der Waals surface area contributed by atoms with Gasteiger partial charge in [0.15, 0.2) is 0 Å². The van der Waals surface area contributed by atoms with Crippen molar-refractivity contribution in [3.63, 3.8) is 0 Å². The van der Waals surface area contributed by atoms with Crippen LogP contribution in [0.25, 0.3) is 5.57 Å². The SMILES string of the molecule is C[C@@H]1CN([C@@H](C)CO)S(=O)(=O)c2ccc(C3=CCCCC3)cc2O[C@H]1CN(C)Cc1ccncc1. The van der Waals surface area contributed by atoms with E-state index >= 15 is 0 Å². The molecule has 1 N–H and O–H groups in total. The van der Waals surface area contributed by atoms with Crippen LogP contribution in [0.5, 0.6) is 5.75 Å². The summed E-state index contributed by atoms with van der Waals surface area (Å²) >= 11 is 0. The Bertz CT molecular complexity index is 1140. The summed E-state index contributed by atoms with van der Waals surface area (Å²) < 4.78 is 35.3. The number of nitrogens with zero attached hydrogens (tertiary/aromatic N) is 3. The highest BCUT2D eigenvalue weighted by Crippen LogP contribution is 2.37. The van der Waals surface area contributed by atoms with E-state index in [4.69, 9.17) is 4.74 Å². The number of aromatic nitrogens is 1. The highest BCUT2D eigenvalue weighted by atomic mass is 32.2. The lowest BCUT2D eigenvalue weighted by atomic mass is 9.93. The number of pyridine rings is 1. The van der Waals surface area contributed by atoms with Crippen LogP contribution >= 0.6 is 0 Å². The number of rotatable bonds is 7. The van der Waals surface area contributed by atoms with Gasteiger partial charge in [-0.05, 0) is 80.6 Å². The Labute approximate surface area is 209 Å². The lowest BCUT2D eigenvalue weighted by Gasteiger charge is -2.37. The molecule has 1 aliphatic carbocycles. The first-order valence-corrected chi connectivity index (χ1v) is 13.9. The molecule has 3 atom stereocenters. The van der Waals surface area contributed by atoms with Gasteiger partial charge in [0.1, 0.15) is 16.7 Å². The predicted octanol–water partition coefficient (Wildman–Crippen LogP) is 3.94. The van der Waals surface area contributed by atoms with Gasteiger partial charge in [-0.2, -0.15) is 4.31 Å². The van der Waals surface area contributed by atoms with Crippen molar-refractivity contribution < 1.29 is 18.3 Å². The zero-order valence-electron chi connectivity index (χ0n) is 20.9. The first-order chi connectivity index (χ1) is 16.8. The Morgan fingerprint density at radius 1 is 1.23 bits per heavy atom. The maximum atomic E-state index is 13.7. The van der Waals surface area contributed by atoms with E-state index in [9.17, 15) is 13.5 Å². The minimum atomic E-state index is -3.83. The number of benzene rings is 1. The van der Waals surface area contributed by atoms with E-state index in [0.717, 1.165) is 36.9 Å². The maximum absolute atomic E-state index is 13.7. The zero-order chi connectivity index (χ0) is 25.0. The summed E-state index contributed by atoms with van der Waals surface area (Å²) in [6.07, 6.45) is 9.98. The highest BCUT2D eigenvalue weighted by molar-refractivity contribution is 7.89. The van der Waals surface area contributed by atoms with Crippen LogP contribution in [-0.4, -0.2) is 66.6 Å². The molecule has 7 nitrogen and oxygen atoms in total. The number of aliphatic hydroxyl groups is 1. The second-order valence-corrected chi connectivity index (χ2v) is 11.8. The van der Waals surface area contributed by atoms with Gasteiger partial charge in [-0.3, -0.25) is 9.88 Å². The minimum absolute atomic E-state index is 0.0793. The van der Waals surface area contributed by atoms with Crippen LogP contribution in [0.15, 0.2) is 53.7 Å². The topological polar surface area (TPSA) is 83.0 Å². The summed E-state index contributed by atoms with van der Waals surface area (Å²) in [7, 11) is -1.78. The van der Waals surface area contributed by atoms with Gasteiger partial charge in [-0.1, -0.05) is 19.1 Å². The van der Waals surface area contributed by atoms with Crippen LogP contribution in [0.1, 0.15) is 50.7 Å². The van der Waals surface area contributed by atoms with E-state index in [0.29, 0.717) is 12.3 Å². The molecule has 4 rings (SSSR count). The zero-order valence-corrected chi connectivity index (χ0v) is 21.7. The molecule has 2 heterocycles. The van der Waals surface area contributed by atoms with Crippen molar-refractivity contribution in [2.24, 2.45) is 5.92 Å². The van der Waals surface area contributed by atoms with Gasteiger partial charge in [0.05, 0.1) is 6.61 Å². The monoisotopic (exact) mass is 499 g/mol. The van der Waals surface area contributed by atoms with Gasteiger partial charge in [0.25, 0.3) is 0 Å². The van der Waals surface area contributed by atoms with Crippen molar-refractivity contribution in [3.05, 3.63) is 59.9 Å². The number of sulfonamides is 1. The van der Waals surface area contributed by atoms with Crippen LogP contribution in [0.4, 0.5) is 0 Å². The average Bonchev–Trinajstić information content (AvgIpc) is 2.86. The molecule has 1 aliphatic heterocycles. The predicted molar refractivity (Wildman–Crippen MR) is 137 cm³/mol. The molecule has 2 aromatic rings. The summed E-state index contributed by atoms with van der Waals surface area (Å²) in [6, 6.07) is 8.95. The molecule has 190 valence electrons. The van der Waals surface area contributed by atoms with Gasteiger partial charge in [-0.15, -0.1) is 0 Å². The largest absolute Gasteiger partial charge is 0.487 e. The molecule has 0 saturated carbocycles. The molecular formula is C27H37N3O4S. The van der Waals surface area contributed by atoms with E-state index in [-0.39, 0.29) is 30.1 Å². The molecule has 35 heavy (non-hydrogen) atoms. The fourth-order valence-electron chi connectivity index (χ4n) is 4.92.